The van der Waals surface area contributed by atoms with E-state index in [2.05, 4.69) is 4.98 Å². The van der Waals surface area contributed by atoms with E-state index in [1.54, 1.807) is 19.1 Å². The molecule has 15 heavy (non-hydrogen) atoms. The van der Waals surface area contributed by atoms with Crippen molar-refractivity contribution in [1.29, 1.82) is 0 Å². The highest BCUT2D eigenvalue weighted by atomic mass is 35.5. The summed E-state index contributed by atoms with van der Waals surface area (Å²) in [5, 5.41) is 9.43. The van der Waals surface area contributed by atoms with E-state index in [9.17, 15) is 0 Å². The van der Waals surface area contributed by atoms with Crippen molar-refractivity contribution in [2.45, 2.75) is 18.9 Å². The fourth-order valence-electron chi connectivity index (χ4n) is 1.25. The highest BCUT2D eigenvalue weighted by Crippen LogP contribution is 2.22. The number of hydrogen-bond acceptors (Lipinski definition) is 4. The normalized spacial score (nSPS) is 14.7. The Bertz CT molecular complexity index is 342. The lowest BCUT2D eigenvalue weighted by molar-refractivity contribution is 0.207. The summed E-state index contributed by atoms with van der Waals surface area (Å²) in [5.41, 5.74) is 6.00. The largest absolute Gasteiger partial charge is 0.481 e. The molecule has 1 atom stereocenters. The number of rotatable bonds is 4. The van der Waals surface area contributed by atoms with Crippen LogP contribution >= 0.6 is 11.6 Å². The number of ether oxygens (including phenoxy) is 1. The molecule has 0 aromatic carbocycles. The molecule has 4 nitrogen and oxygen atoms in total. The molecule has 84 valence electrons. The van der Waals surface area contributed by atoms with Crippen molar-refractivity contribution in [2.24, 2.45) is 5.73 Å². The highest BCUT2D eigenvalue weighted by molar-refractivity contribution is 6.29. The standard InChI is InChI=1S/C10H15ClN2O2/c1-10(12,6-14)5-7-3-4-8(11)13-9(7)15-2/h3-4,14H,5-6,12H2,1-2H3. The van der Waals surface area contributed by atoms with Gasteiger partial charge < -0.3 is 15.6 Å². The number of aliphatic hydroxyl groups excluding tert-OH is 1. The van der Waals surface area contributed by atoms with Gasteiger partial charge in [-0.15, -0.1) is 0 Å². The van der Waals surface area contributed by atoms with Gasteiger partial charge in [-0.3, -0.25) is 0 Å². The number of hydrogen-bond donors (Lipinski definition) is 2. The fraction of sp³-hybridized carbons (Fsp3) is 0.500. The number of aromatic nitrogens is 1. The number of pyridine rings is 1. The molecule has 0 amide bonds. The van der Waals surface area contributed by atoms with Gasteiger partial charge in [-0.05, 0) is 19.4 Å². The Balaban J connectivity index is 2.94. The molecule has 0 radical (unpaired) electrons. The number of halogens is 1. The first-order valence-electron chi connectivity index (χ1n) is 4.57. The first-order valence-corrected chi connectivity index (χ1v) is 4.95. The molecule has 1 heterocycles. The van der Waals surface area contributed by atoms with Crippen LogP contribution in [0.4, 0.5) is 0 Å². The van der Waals surface area contributed by atoms with Crippen LogP contribution in [0.1, 0.15) is 12.5 Å². The summed E-state index contributed by atoms with van der Waals surface area (Å²) in [7, 11) is 1.52. The van der Waals surface area contributed by atoms with Crippen LogP contribution in [0.2, 0.25) is 5.15 Å². The van der Waals surface area contributed by atoms with E-state index in [-0.39, 0.29) is 6.61 Å². The highest BCUT2D eigenvalue weighted by Gasteiger charge is 2.20. The van der Waals surface area contributed by atoms with Crippen LogP contribution in [0, 0.1) is 0 Å². The minimum atomic E-state index is -0.678. The second-order valence-corrected chi connectivity index (χ2v) is 4.18. The Morgan fingerprint density at radius 1 is 1.60 bits per heavy atom. The Kier molecular flexibility index (Phi) is 3.90. The van der Waals surface area contributed by atoms with Crippen molar-refractivity contribution in [1.82, 2.24) is 4.98 Å². The first-order chi connectivity index (χ1) is 6.98. The second-order valence-electron chi connectivity index (χ2n) is 3.79. The van der Waals surface area contributed by atoms with Gasteiger partial charge in [0.25, 0.3) is 0 Å². The quantitative estimate of drug-likeness (QED) is 0.758. The van der Waals surface area contributed by atoms with Gasteiger partial charge in [-0.2, -0.15) is 0 Å². The van der Waals surface area contributed by atoms with Gasteiger partial charge in [-0.25, -0.2) is 4.98 Å². The molecular formula is C10H15ClN2O2. The molecule has 3 N–H and O–H groups in total. The predicted molar refractivity (Wildman–Crippen MR) is 59.2 cm³/mol. The minimum absolute atomic E-state index is 0.0984. The molecule has 0 bridgehead atoms. The average molecular weight is 231 g/mol. The lowest BCUT2D eigenvalue weighted by Crippen LogP contribution is -2.42. The zero-order chi connectivity index (χ0) is 11.5. The van der Waals surface area contributed by atoms with E-state index in [4.69, 9.17) is 27.2 Å². The number of aliphatic hydroxyl groups is 1. The molecule has 0 aliphatic rings. The third kappa shape index (κ3) is 3.34. The van der Waals surface area contributed by atoms with Gasteiger partial charge in [0.05, 0.1) is 13.7 Å². The minimum Gasteiger partial charge on any atom is -0.481 e. The Morgan fingerprint density at radius 3 is 2.80 bits per heavy atom. The van der Waals surface area contributed by atoms with Gasteiger partial charge in [0.1, 0.15) is 5.15 Å². The van der Waals surface area contributed by atoms with Gasteiger partial charge in [-0.1, -0.05) is 17.7 Å². The smallest absolute Gasteiger partial charge is 0.217 e. The molecule has 0 saturated carbocycles. The Labute approximate surface area is 94.0 Å². The van der Waals surface area contributed by atoms with Crippen LogP contribution in [0.25, 0.3) is 0 Å². The van der Waals surface area contributed by atoms with Gasteiger partial charge in [0.2, 0.25) is 5.88 Å². The summed E-state index contributed by atoms with van der Waals surface area (Å²) >= 11 is 5.73. The SMILES string of the molecule is COc1nc(Cl)ccc1CC(C)(N)CO. The lowest BCUT2D eigenvalue weighted by Gasteiger charge is -2.22. The van der Waals surface area contributed by atoms with Crippen molar-refractivity contribution in [3.05, 3.63) is 22.8 Å². The fourth-order valence-corrected chi connectivity index (χ4v) is 1.39. The molecule has 5 heteroatoms. The Hall–Kier alpha value is -0.840. The van der Waals surface area contributed by atoms with Crippen molar-refractivity contribution in [3.8, 4) is 5.88 Å². The van der Waals surface area contributed by atoms with Gasteiger partial charge in [0.15, 0.2) is 0 Å². The zero-order valence-corrected chi connectivity index (χ0v) is 9.58. The molecule has 0 spiro atoms. The van der Waals surface area contributed by atoms with Crippen LogP contribution in [0.3, 0.4) is 0 Å². The van der Waals surface area contributed by atoms with E-state index in [0.717, 1.165) is 5.56 Å². The van der Waals surface area contributed by atoms with E-state index >= 15 is 0 Å². The molecule has 1 aromatic rings. The summed E-state index contributed by atoms with van der Waals surface area (Å²) in [6.45, 7) is 1.67. The number of nitrogens with two attached hydrogens (primary N) is 1. The summed E-state index contributed by atoms with van der Waals surface area (Å²) in [6.07, 6.45) is 0.483. The Morgan fingerprint density at radius 2 is 2.27 bits per heavy atom. The van der Waals surface area contributed by atoms with Crippen LogP contribution in [0.15, 0.2) is 12.1 Å². The second kappa shape index (κ2) is 4.79. The van der Waals surface area contributed by atoms with E-state index in [1.165, 1.54) is 7.11 Å². The van der Waals surface area contributed by atoms with Crippen molar-refractivity contribution >= 4 is 11.6 Å². The molecule has 0 fully saturated rings. The molecule has 0 aliphatic carbocycles. The van der Waals surface area contributed by atoms with Crippen molar-refractivity contribution in [3.63, 3.8) is 0 Å². The van der Waals surface area contributed by atoms with Crippen LogP contribution < -0.4 is 10.5 Å². The van der Waals surface area contributed by atoms with E-state index in [0.29, 0.717) is 17.5 Å². The maximum atomic E-state index is 9.06. The van der Waals surface area contributed by atoms with Crippen molar-refractivity contribution in [2.75, 3.05) is 13.7 Å². The maximum Gasteiger partial charge on any atom is 0.217 e. The number of methoxy groups -OCH3 is 1. The van der Waals surface area contributed by atoms with Crippen LogP contribution in [-0.2, 0) is 6.42 Å². The van der Waals surface area contributed by atoms with Crippen molar-refractivity contribution < 1.29 is 9.84 Å². The van der Waals surface area contributed by atoms with Gasteiger partial charge >= 0.3 is 0 Å². The first kappa shape index (κ1) is 12.2. The summed E-state index contributed by atoms with van der Waals surface area (Å²) < 4.78 is 5.08. The zero-order valence-electron chi connectivity index (χ0n) is 8.83. The molecule has 1 rings (SSSR count). The monoisotopic (exact) mass is 230 g/mol. The number of nitrogens with zero attached hydrogens (tertiary/aromatic N) is 1. The summed E-state index contributed by atoms with van der Waals surface area (Å²) in [4.78, 5) is 4.02. The van der Waals surface area contributed by atoms with Crippen LogP contribution in [0.5, 0.6) is 5.88 Å². The summed E-state index contributed by atoms with van der Waals surface area (Å²) in [5.74, 6) is 0.452. The molecule has 0 aliphatic heterocycles. The predicted octanol–water partition coefficient (Wildman–Crippen LogP) is 0.996. The molecule has 1 aromatic heterocycles. The van der Waals surface area contributed by atoms with Crippen LogP contribution in [-0.4, -0.2) is 29.3 Å². The third-order valence-electron chi connectivity index (χ3n) is 2.05. The van der Waals surface area contributed by atoms with E-state index < -0.39 is 5.54 Å². The third-order valence-corrected chi connectivity index (χ3v) is 2.26. The van der Waals surface area contributed by atoms with Gasteiger partial charge in [0, 0.05) is 11.1 Å². The van der Waals surface area contributed by atoms with E-state index in [1.807, 2.05) is 0 Å². The lowest BCUT2D eigenvalue weighted by atomic mass is 9.95. The molecule has 1 unspecified atom stereocenters. The summed E-state index contributed by atoms with van der Waals surface area (Å²) in [6, 6.07) is 3.47. The molecule has 0 saturated heterocycles. The average Bonchev–Trinajstić information content (AvgIpc) is 2.20. The topological polar surface area (TPSA) is 68.4 Å². The molecular weight excluding hydrogens is 216 g/mol. The maximum absolute atomic E-state index is 9.06.